The molecule has 0 aliphatic carbocycles. The molecule has 0 rings (SSSR count). The zero-order chi connectivity index (χ0) is 13.3. The molecule has 0 saturated carbocycles. The number of rotatable bonds is 9. The molecule has 17 heavy (non-hydrogen) atoms. The molecule has 0 aliphatic rings. The molecule has 4 heteroatoms. The molecule has 0 fully saturated rings. The second kappa shape index (κ2) is 8.48. The number of carbonyl (C=O) groups is 1. The smallest absolute Gasteiger partial charge is 0.220 e. The first-order valence-corrected chi connectivity index (χ1v) is 6.40. The van der Waals surface area contributed by atoms with Gasteiger partial charge in [-0.2, -0.15) is 0 Å². The Labute approximate surface area is 105 Å². The van der Waals surface area contributed by atoms with Crippen LogP contribution < -0.4 is 5.32 Å². The molecule has 0 bridgehead atoms. The monoisotopic (exact) mass is 245 g/mol. The van der Waals surface area contributed by atoms with Crippen molar-refractivity contribution in [1.82, 2.24) is 5.32 Å². The van der Waals surface area contributed by atoms with E-state index in [1.54, 1.807) is 7.11 Å². The maximum Gasteiger partial charge on any atom is 0.220 e. The summed E-state index contributed by atoms with van der Waals surface area (Å²) in [5, 5.41) is 12.3. The van der Waals surface area contributed by atoms with Gasteiger partial charge in [-0.25, -0.2) is 0 Å². The van der Waals surface area contributed by atoms with Crippen molar-refractivity contribution in [3.63, 3.8) is 0 Å². The third-order valence-electron chi connectivity index (χ3n) is 3.48. The van der Waals surface area contributed by atoms with Crippen LogP contribution in [0.1, 0.15) is 40.0 Å². The highest BCUT2D eigenvalue weighted by molar-refractivity contribution is 5.76. The lowest BCUT2D eigenvalue weighted by Crippen LogP contribution is -2.39. The predicted octanol–water partition coefficient (Wildman–Crippen LogP) is 1.57. The van der Waals surface area contributed by atoms with Crippen LogP contribution in [0.5, 0.6) is 0 Å². The number of carbonyl (C=O) groups excluding carboxylic acids is 1. The summed E-state index contributed by atoms with van der Waals surface area (Å²) in [6.07, 6.45) is 2.21. The van der Waals surface area contributed by atoms with E-state index in [1.807, 2.05) is 20.8 Å². The standard InChI is InChI=1S/C13H27NO3/c1-5-13(6-2,10-15)9-14-12(16)7-11(3)8-17-4/h11,15H,5-10H2,1-4H3,(H,14,16). The van der Waals surface area contributed by atoms with Crippen LogP contribution in [-0.2, 0) is 9.53 Å². The summed E-state index contributed by atoms with van der Waals surface area (Å²) >= 11 is 0. The molecule has 1 atom stereocenters. The van der Waals surface area contributed by atoms with Crippen molar-refractivity contribution in [3.8, 4) is 0 Å². The molecule has 0 aromatic carbocycles. The zero-order valence-corrected chi connectivity index (χ0v) is 11.6. The lowest BCUT2D eigenvalue weighted by molar-refractivity contribution is -0.123. The van der Waals surface area contributed by atoms with E-state index in [1.165, 1.54) is 0 Å². The SMILES string of the molecule is CCC(CC)(CO)CNC(=O)CC(C)COC. The van der Waals surface area contributed by atoms with Gasteiger partial charge in [0, 0.05) is 32.1 Å². The fourth-order valence-corrected chi connectivity index (χ4v) is 1.80. The summed E-state index contributed by atoms with van der Waals surface area (Å²) in [6.45, 7) is 7.34. The topological polar surface area (TPSA) is 58.6 Å². The number of ether oxygens (including phenoxy) is 1. The Morgan fingerprint density at radius 1 is 1.41 bits per heavy atom. The Bertz CT molecular complexity index is 206. The summed E-state index contributed by atoms with van der Waals surface area (Å²) in [4.78, 5) is 11.7. The summed E-state index contributed by atoms with van der Waals surface area (Å²) < 4.78 is 4.99. The number of methoxy groups -OCH3 is 1. The van der Waals surface area contributed by atoms with Gasteiger partial charge in [0.15, 0.2) is 0 Å². The van der Waals surface area contributed by atoms with Crippen molar-refractivity contribution >= 4 is 5.91 Å². The number of aliphatic hydroxyl groups excluding tert-OH is 1. The zero-order valence-electron chi connectivity index (χ0n) is 11.6. The minimum Gasteiger partial charge on any atom is -0.396 e. The molecule has 0 aliphatic heterocycles. The number of nitrogens with one attached hydrogen (secondary N) is 1. The molecular formula is C13H27NO3. The first-order valence-electron chi connectivity index (χ1n) is 6.40. The Morgan fingerprint density at radius 2 is 2.00 bits per heavy atom. The summed E-state index contributed by atoms with van der Waals surface area (Å²) in [6, 6.07) is 0. The number of hydrogen-bond donors (Lipinski definition) is 2. The molecular weight excluding hydrogens is 218 g/mol. The Kier molecular flexibility index (Phi) is 8.17. The van der Waals surface area contributed by atoms with Gasteiger partial charge < -0.3 is 15.2 Å². The maximum absolute atomic E-state index is 11.7. The Balaban J connectivity index is 4.04. The lowest BCUT2D eigenvalue weighted by atomic mass is 9.83. The van der Waals surface area contributed by atoms with Crippen molar-refractivity contribution in [2.24, 2.45) is 11.3 Å². The van der Waals surface area contributed by atoms with Crippen LogP contribution in [0.3, 0.4) is 0 Å². The summed E-state index contributed by atoms with van der Waals surface area (Å²) in [5.41, 5.74) is -0.167. The predicted molar refractivity (Wildman–Crippen MR) is 68.8 cm³/mol. The Hall–Kier alpha value is -0.610. The van der Waals surface area contributed by atoms with Crippen LogP contribution in [0.4, 0.5) is 0 Å². The molecule has 0 heterocycles. The second-order valence-electron chi connectivity index (χ2n) is 4.91. The van der Waals surface area contributed by atoms with Gasteiger partial charge in [0.1, 0.15) is 0 Å². The van der Waals surface area contributed by atoms with E-state index < -0.39 is 0 Å². The van der Waals surface area contributed by atoms with Gasteiger partial charge in [0.05, 0.1) is 6.61 Å². The van der Waals surface area contributed by atoms with Gasteiger partial charge >= 0.3 is 0 Å². The summed E-state index contributed by atoms with van der Waals surface area (Å²) in [5.74, 6) is 0.265. The van der Waals surface area contributed by atoms with Gasteiger partial charge in [-0.3, -0.25) is 4.79 Å². The molecule has 0 aromatic rings. The highest BCUT2D eigenvalue weighted by Gasteiger charge is 2.25. The fourth-order valence-electron chi connectivity index (χ4n) is 1.80. The van der Waals surface area contributed by atoms with E-state index in [2.05, 4.69) is 5.32 Å². The normalized spacial score (nSPS) is 13.5. The number of hydrogen-bond acceptors (Lipinski definition) is 3. The molecule has 2 N–H and O–H groups in total. The van der Waals surface area contributed by atoms with Crippen LogP contribution in [0.15, 0.2) is 0 Å². The van der Waals surface area contributed by atoms with Gasteiger partial charge in [0.25, 0.3) is 0 Å². The lowest BCUT2D eigenvalue weighted by Gasteiger charge is -2.29. The highest BCUT2D eigenvalue weighted by Crippen LogP contribution is 2.24. The number of aliphatic hydroxyl groups is 1. The van der Waals surface area contributed by atoms with Gasteiger partial charge in [-0.1, -0.05) is 20.8 Å². The van der Waals surface area contributed by atoms with Gasteiger partial charge in [-0.05, 0) is 18.8 Å². The Morgan fingerprint density at radius 3 is 2.41 bits per heavy atom. The number of amides is 1. The third kappa shape index (κ3) is 6.03. The van der Waals surface area contributed by atoms with E-state index in [9.17, 15) is 9.90 Å². The van der Waals surface area contributed by atoms with Gasteiger partial charge in [0.2, 0.25) is 5.91 Å². The molecule has 0 aromatic heterocycles. The third-order valence-corrected chi connectivity index (χ3v) is 3.48. The highest BCUT2D eigenvalue weighted by atomic mass is 16.5. The van der Waals surface area contributed by atoms with E-state index in [4.69, 9.17) is 4.74 Å². The van der Waals surface area contributed by atoms with Crippen LogP contribution >= 0.6 is 0 Å². The molecule has 4 nitrogen and oxygen atoms in total. The minimum absolute atomic E-state index is 0.0364. The quantitative estimate of drug-likeness (QED) is 0.648. The first-order chi connectivity index (χ1) is 8.03. The largest absolute Gasteiger partial charge is 0.396 e. The fraction of sp³-hybridized carbons (Fsp3) is 0.923. The first kappa shape index (κ1) is 16.4. The molecule has 1 amide bonds. The van der Waals surface area contributed by atoms with Crippen molar-refractivity contribution in [2.75, 3.05) is 26.9 Å². The van der Waals surface area contributed by atoms with E-state index in [0.717, 1.165) is 12.8 Å². The van der Waals surface area contributed by atoms with Crippen molar-refractivity contribution in [1.29, 1.82) is 0 Å². The van der Waals surface area contributed by atoms with Crippen molar-refractivity contribution < 1.29 is 14.6 Å². The second-order valence-corrected chi connectivity index (χ2v) is 4.91. The molecule has 0 spiro atoms. The average Bonchev–Trinajstić information content (AvgIpc) is 2.32. The van der Waals surface area contributed by atoms with Crippen LogP contribution in [0.25, 0.3) is 0 Å². The van der Waals surface area contributed by atoms with Crippen molar-refractivity contribution in [3.05, 3.63) is 0 Å². The van der Waals surface area contributed by atoms with Gasteiger partial charge in [-0.15, -0.1) is 0 Å². The van der Waals surface area contributed by atoms with E-state index >= 15 is 0 Å². The molecule has 1 unspecified atom stereocenters. The van der Waals surface area contributed by atoms with Crippen LogP contribution in [0, 0.1) is 11.3 Å². The van der Waals surface area contributed by atoms with E-state index in [-0.39, 0.29) is 23.8 Å². The van der Waals surface area contributed by atoms with Crippen LogP contribution in [0.2, 0.25) is 0 Å². The molecule has 0 saturated heterocycles. The summed E-state index contributed by atoms with van der Waals surface area (Å²) in [7, 11) is 1.64. The van der Waals surface area contributed by atoms with E-state index in [0.29, 0.717) is 19.6 Å². The maximum atomic E-state index is 11.7. The van der Waals surface area contributed by atoms with Crippen molar-refractivity contribution in [2.45, 2.75) is 40.0 Å². The minimum atomic E-state index is -0.167. The van der Waals surface area contributed by atoms with Crippen LogP contribution in [-0.4, -0.2) is 37.9 Å². The molecule has 0 radical (unpaired) electrons. The molecule has 102 valence electrons. The average molecular weight is 245 g/mol.